The van der Waals surface area contributed by atoms with Crippen LogP contribution in [-0.2, 0) is 0 Å². The fourth-order valence-electron chi connectivity index (χ4n) is 1.95. The molecular formula is C16H18N4O. The van der Waals surface area contributed by atoms with Gasteiger partial charge < -0.3 is 16.0 Å². The van der Waals surface area contributed by atoms with E-state index in [4.69, 9.17) is 5.73 Å². The van der Waals surface area contributed by atoms with Gasteiger partial charge in [0.1, 0.15) is 5.82 Å². The van der Waals surface area contributed by atoms with E-state index >= 15 is 0 Å². The molecule has 1 atom stereocenters. The van der Waals surface area contributed by atoms with Crippen molar-refractivity contribution in [2.24, 2.45) is 5.73 Å². The number of rotatable bonds is 3. The summed E-state index contributed by atoms with van der Waals surface area (Å²) in [6.45, 7) is 4.07. The summed E-state index contributed by atoms with van der Waals surface area (Å²) in [5.41, 5.74) is 7.65. The first-order valence-electron chi connectivity index (χ1n) is 6.71. The van der Waals surface area contributed by atoms with E-state index in [9.17, 15) is 4.79 Å². The molecular weight excluding hydrogens is 264 g/mol. The van der Waals surface area contributed by atoms with Crippen molar-refractivity contribution in [2.45, 2.75) is 19.9 Å². The number of carbonyl (C=O) groups is 1. The Morgan fingerprint density at radius 2 is 2.33 bits per heavy atom. The molecule has 1 unspecified atom stereocenters. The maximum atomic E-state index is 12.4. The first kappa shape index (κ1) is 14.8. The Kier molecular flexibility index (Phi) is 4.75. The first-order valence-corrected chi connectivity index (χ1v) is 6.71. The van der Waals surface area contributed by atoms with Gasteiger partial charge >= 0.3 is 0 Å². The summed E-state index contributed by atoms with van der Waals surface area (Å²) in [7, 11) is 0. The smallest absolute Gasteiger partial charge is 0.252 e. The van der Waals surface area contributed by atoms with Crippen LogP contribution >= 0.6 is 0 Å². The molecule has 2 aromatic rings. The Balaban J connectivity index is 2.18. The predicted octanol–water partition coefficient (Wildman–Crippen LogP) is 1.52. The van der Waals surface area contributed by atoms with E-state index in [0.717, 1.165) is 17.0 Å². The third-order valence-electron chi connectivity index (χ3n) is 3.09. The molecule has 0 saturated carbocycles. The molecule has 0 saturated heterocycles. The second kappa shape index (κ2) is 6.73. The lowest BCUT2D eigenvalue weighted by molar-refractivity contribution is 0.0938. The number of hydrogen-bond donors (Lipinski definition) is 3. The number of amides is 1. The van der Waals surface area contributed by atoms with E-state index in [1.165, 1.54) is 0 Å². The van der Waals surface area contributed by atoms with Gasteiger partial charge in [0.25, 0.3) is 5.91 Å². The second-order valence-electron chi connectivity index (χ2n) is 4.71. The topological polar surface area (TPSA) is 83.8 Å². The monoisotopic (exact) mass is 282 g/mol. The van der Waals surface area contributed by atoms with Gasteiger partial charge in [-0.1, -0.05) is 17.9 Å². The molecule has 0 aliphatic carbocycles. The third kappa shape index (κ3) is 3.71. The van der Waals surface area contributed by atoms with Crippen LogP contribution in [0.15, 0.2) is 30.6 Å². The van der Waals surface area contributed by atoms with Crippen molar-refractivity contribution in [1.29, 1.82) is 0 Å². The largest absolute Gasteiger partial charge is 0.347 e. The van der Waals surface area contributed by atoms with Crippen LogP contribution in [0.25, 0.3) is 0 Å². The average molecular weight is 282 g/mol. The van der Waals surface area contributed by atoms with Gasteiger partial charge in [0, 0.05) is 23.5 Å². The minimum absolute atomic E-state index is 0.146. The second-order valence-corrected chi connectivity index (χ2v) is 4.71. The summed E-state index contributed by atoms with van der Waals surface area (Å²) in [4.78, 5) is 19.5. The van der Waals surface area contributed by atoms with Gasteiger partial charge in [-0.15, -0.1) is 0 Å². The van der Waals surface area contributed by atoms with Crippen molar-refractivity contribution in [3.63, 3.8) is 0 Å². The van der Waals surface area contributed by atoms with Gasteiger partial charge in [-0.2, -0.15) is 0 Å². The Bertz CT molecular complexity index is 680. The molecule has 5 heteroatoms. The first-order chi connectivity index (χ1) is 10.1. The third-order valence-corrected chi connectivity index (χ3v) is 3.09. The summed E-state index contributed by atoms with van der Waals surface area (Å²) in [6.07, 6.45) is 3.39. The van der Waals surface area contributed by atoms with Gasteiger partial charge in [0.15, 0.2) is 0 Å². The van der Waals surface area contributed by atoms with Crippen molar-refractivity contribution in [1.82, 2.24) is 15.3 Å². The molecule has 0 fully saturated rings. The Morgan fingerprint density at radius 3 is 3.00 bits per heavy atom. The number of aromatic nitrogens is 2. The molecule has 5 nitrogen and oxygen atoms in total. The number of benzene rings is 1. The molecule has 0 radical (unpaired) electrons. The van der Waals surface area contributed by atoms with Gasteiger partial charge in [0.05, 0.1) is 12.6 Å². The maximum absolute atomic E-state index is 12.4. The fourth-order valence-corrected chi connectivity index (χ4v) is 1.95. The molecule has 1 aromatic carbocycles. The fraction of sp³-hybridized carbons (Fsp3) is 0.250. The van der Waals surface area contributed by atoms with Crippen LogP contribution in [0, 0.1) is 18.8 Å². The summed E-state index contributed by atoms with van der Waals surface area (Å²) in [5, 5.41) is 2.92. The lowest BCUT2D eigenvalue weighted by Gasteiger charge is -2.13. The van der Waals surface area contributed by atoms with E-state index in [1.54, 1.807) is 18.5 Å². The van der Waals surface area contributed by atoms with Crippen LogP contribution in [0.5, 0.6) is 0 Å². The standard InChI is InChI=1S/C16H18N4O/c1-11-5-6-13(4-3-7-17)10-14(11)16(21)20-12(2)15-18-8-9-19-15/h5-6,8-10,12H,7,17H2,1-2H3,(H,18,19)(H,20,21). The zero-order valence-corrected chi connectivity index (χ0v) is 12.1. The van der Waals surface area contributed by atoms with Crippen molar-refractivity contribution in [2.75, 3.05) is 6.54 Å². The molecule has 0 bridgehead atoms. The van der Waals surface area contributed by atoms with Gasteiger partial charge in [-0.05, 0) is 31.5 Å². The van der Waals surface area contributed by atoms with E-state index in [1.807, 2.05) is 26.0 Å². The highest BCUT2D eigenvalue weighted by atomic mass is 16.1. The number of hydrogen-bond acceptors (Lipinski definition) is 3. The molecule has 4 N–H and O–H groups in total. The summed E-state index contributed by atoms with van der Waals surface area (Å²) >= 11 is 0. The Morgan fingerprint density at radius 1 is 1.52 bits per heavy atom. The molecule has 108 valence electrons. The normalized spacial score (nSPS) is 11.4. The zero-order chi connectivity index (χ0) is 15.2. The minimum Gasteiger partial charge on any atom is -0.347 e. The summed E-state index contributed by atoms with van der Waals surface area (Å²) < 4.78 is 0. The van der Waals surface area contributed by atoms with Crippen LogP contribution in [-0.4, -0.2) is 22.4 Å². The van der Waals surface area contributed by atoms with Gasteiger partial charge in [-0.3, -0.25) is 4.79 Å². The number of aromatic amines is 1. The molecule has 0 spiro atoms. The molecule has 0 aliphatic rings. The van der Waals surface area contributed by atoms with Crippen LogP contribution in [0.1, 0.15) is 40.3 Å². The maximum Gasteiger partial charge on any atom is 0.252 e. The number of nitrogens with one attached hydrogen (secondary N) is 2. The highest BCUT2D eigenvalue weighted by molar-refractivity contribution is 5.96. The number of aryl methyl sites for hydroxylation is 1. The molecule has 21 heavy (non-hydrogen) atoms. The highest BCUT2D eigenvalue weighted by Crippen LogP contribution is 2.13. The number of carbonyl (C=O) groups excluding carboxylic acids is 1. The van der Waals surface area contributed by atoms with Crippen LogP contribution in [0.3, 0.4) is 0 Å². The number of nitrogens with two attached hydrogens (primary N) is 1. The Labute approximate surface area is 124 Å². The minimum atomic E-state index is -0.189. The number of imidazole rings is 1. The van der Waals surface area contributed by atoms with Crippen molar-refractivity contribution < 1.29 is 4.79 Å². The van der Waals surface area contributed by atoms with Crippen LogP contribution < -0.4 is 11.1 Å². The van der Waals surface area contributed by atoms with Gasteiger partial charge in [-0.25, -0.2) is 4.98 Å². The quantitative estimate of drug-likeness (QED) is 0.746. The molecule has 1 amide bonds. The van der Waals surface area contributed by atoms with Crippen LogP contribution in [0.4, 0.5) is 0 Å². The SMILES string of the molecule is Cc1ccc(C#CCN)cc1C(=O)NC(C)c1ncc[nH]1. The predicted molar refractivity (Wildman–Crippen MR) is 81.6 cm³/mol. The van der Waals surface area contributed by atoms with Crippen molar-refractivity contribution >= 4 is 5.91 Å². The molecule has 2 rings (SSSR count). The molecule has 1 heterocycles. The number of H-pyrrole nitrogens is 1. The van der Waals surface area contributed by atoms with Crippen molar-refractivity contribution in [3.8, 4) is 11.8 Å². The van der Waals surface area contributed by atoms with Crippen molar-refractivity contribution in [3.05, 3.63) is 53.1 Å². The van der Waals surface area contributed by atoms with Gasteiger partial charge in [0.2, 0.25) is 0 Å². The highest BCUT2D eigenvalue weighted by Gasteiger charge is 2.15. The summed E-state index contributed by atoms with van der Waals surface area (Å²) in [5.74, 6) is 6.30. The summed E-state index contributed by atoms with van der Waals surface area (Å²) in [6, 6.07) is 5.35. The Hall–Kier alpha value is -2.58. The lowest BCUT2D eigenvalue weighted by atomic mass is 10.0. The van der Waals surface area contributed by atoms with E-state index in [2.05, 4.69) is 27.1 Å². The average Bonchev–Trinajstić information content (AvgIpc) is 3.00. The van der Waals surface area contributed by atoms with E-state index < -0.39 is 0 Å². The number of nitrogens with zero attached hydrogens (tertiary/aromatic N) is 1. The molecule has 0 aliphatic heterocycles. The lowest BCUT2D eigenvalue weighted by Crippen LogP contribution is -2.28. The zero-order valence-electron chi connectivity index (χ0n) is 12.1. The van der Waals surface area contributed by atoms with E-state index in [-0.39, 0.29) is 11.9 Å². The van der Waals surface area contributed by atoms with Crippen LogP contribution in [0.2, 0.25) is 0 Å². The van der Waals surface area contributed by atoms with E-state index in [0.29, 0.717) is 12.1 Å². The molecule has 1 aromatic heterocycles.